The molecule has 26 heavy (non-hydrogen) atoms. The molecule has 0 fully saturated rings. The van der Waals surface area contributed by atoms with Crippen LogP contribution in [0.5, 0.6) is 0 Å². The van der Waals surface area contributed by atoms with Crippen LogP contribution < -0.4 is 5.73 Å². The fourth-order valence-electron chi connectivity index (χ4n) is 3.80. The van der Waals surface area contributed by atoms with Crippen molar-refractivity contribution in [2.24, 2.45) is 11.1 Å². The van der Waals surface area contributed by atoms with Crippen molar-refractivity contribution in [3.05, 3.63) is 58.9 Å². The van der Waals surface area contributed by atoms with Gasteiger partial charge < -0.3 is 10.5 Å². The number of carbonyl (C=O) groups excluding carboxylic acids is 1. The molecule has 2 aromatic carbocycles. The number of rotatable bonds is 4. The van der Waals surface area contributed by atoms with Gasteiger partial charge in [0.2, 0.25) is 0 Å². The van der Waals surface area contributed by atoms with Gasteiger partial charge in [0.15, 0.2) is 0 Å². The molecule has 1 aliphatic rings. The van der Waals surface area contributed by atoms with Crippen molar-refractivity contribution < 1.29 is 13.9 Å². The number of hydrogen-bond donors (Lipinski definition) is 1. The minimum absolute atomic E-state index is 0.280. The lowest BCUT2D eigenvalue weighted by atomic mass is 9.71. The Hall–Kier alpha value is -2.36. The predicted octanol–water partition coefficient (Wildman–Crippen LogP) is 5.55. The van der Waals surface area contributed by atoms with Crippen LogP contribution in [0.4, 0.5) is 9.18 Å². The molecule has 0 radical (unpaired) electrons. The maximum Gasteiger partial charge on any atom is 0.405 e. The first-order chi connectivity index (χ1) is 12.3. The lowest BCUT2D eigenvalue weighted by Gasteiger charge is -2.39. The van der Waals surface area contributed by atoms with Gasteiger partial charge in [-0.25, -0.2) is 9.18 Å². The van der Waals surface area contributed by atoms with E-state index in [0.717, 1.165) is 42.4 Å². The van der Waals surface area contributed by atoms with Crippen molar-refractivity contribution in [2.45, 2.75) is 52.6 Å². The number of hydrogen-bond acceptors (Lipinski definition) is 2. The summed E-state index contributed by atoms with van der Waals surface area (Å²) in [4.78, 5) is 11.3. The van der Waals surface area contributed by atoms with Crippen LogP contribution in [0.2, 0.25) is 0 Å². The molecule has 1 aliphatic carbocycles. The van der Waals surface area contributed by atoms with Crippen LogP contribution in [0.25, 0.3) is 11.1 Å². The average Bonchev–Trinajstić information content (AvgIpc) is 2.58. The molecule has 1 atom stereocenters. The van der Waals surface area contributed by atoms with Crippen molar-refractivity contribution >= 4 is 6.09 Å². The van der Waals surface area contributed by atoms with Gasteiger partial charge in [-0.3, -0.25) is 0 Å². The number of aryl methyl sites for hydroxylation is 2. The van der Waals surface area contributed by atoms with Gasteiger partial charge in [-0.05, 0) is 53.6 Å². The second-order valence-corrected chi connectivity index (χ2v) is 7.78. The molecule has 0 aliphatic heterocycles. The van der Waals surface area contributed by atoms with Crippen LogP contribution in [0.3, 0.4) is 0 Å². The number of carbonyl (C=O) groups is 1. The fourth-order valence-corrected chi connectivity index (χ4v) is 3.80. The number of nitrogens with two attached hydrogens (primary N) is 1. The van der Waals surface area contributed by atoms with Crippen molar-refractivity contribution in [1.29, 1.82) is 0 Å². The van der Waals surface area contributed by atoms with Crippen molar-refractivity contribution in [3.63, 3.8) is 0 Å². The summed E-state index contributed by atoms with van der Waals surface area (Å²) >= 11 is 0. The number of amides is 1. The standard InChI is InChI=1S/C22H26FNO2/c1-4-5-14-6-8-15(9-7-14)17-12-16-10-11-22(2,3)20(26-21(24)25)18(16)13-19(17)23/h6-9,12-13,20H,4-5,10-11H2,1-3H3,(H2,24,25). The Balaban J connectivity index is 2.00. The molecule has 4 heteroatoms. The molecule has 0 aromatic heterocycles. The maximum atomic E-state index is 14.9. The lowest BCUT2D eigenvalue weighted by molar-refractivity contribution is 0.0145. The van der Waals surface area contributed by atoms with E-state index in [-0.39, 0.29) is 11.2 Å². The number of primary amides is 1. The third kappa shape index (κ3) is 3.59. The van der Waals surface area contributed by atoms with Gasteiger partial charge in [0.1, 0.15) is 11.9 Å². The van der Waals surface area contributed by atoms with Crippen LogP contribution in [0.15, 0.2) is 36.4 Å². The fraction of sp³-hybridized carbons (Fsp3) is 0.409. The van der Waals surface area contributed by atoms with Gasteiger partial charge in [-0.2, -0.15) is 0 Å². The average molecular weight is 355 g/mol. The van der Waals surface area contributed by atoms with E-state index < -0.39 is 12.2 Å². The highest BCUT2D eigenvalue weighted by Gasteiger charge is 2.39. The van der Waals surface area contributed by atoms with Crippen molar-refractivity contribution in [1.82, 2.24) is 0 Å². The van der Waals surface area contributed by atoms with Crippen LogP contribution in [0, 0.1) is 11.2 Å². The van der Waals surface area contributed by atoms with E-state index in [2.05, 4.69) is 19.1 Å². The zero-order chi connectivity index (χ0) is 18.9. The number of halogens is 1. The zero-order valence-electron chi connectivity index (χ0n) is 15.6. The van der Waals surface area contributed by atoms with Gasteiger partial charge in [-0.1, -0.05) is 51.5 Å². The monoisotopic (exact) mass is 355 g/mol. The highest BCUT2D eigenvalue weighted by Crippen LogP contribution is 2.47. The summed E-state index contributed by atoms with van der Waals surface area (Å²) in [6.07, 6.45) is 2.42. The Morgan fingerprint density at radius 3 is 2.58 bits per heavy atom. The molecule has 2 N–H and O–H groups in total. The lowest BCUT2D eigenvalue weighted by Crippen LogP contribution is -2.33. The van der Waals surface area contributed by atoms with E-state index >= 15 is 0 Å². The molecular weight excluding hydrogens is 329 g/mol. The highest BCUT2D eigenvalue weighted by atomic mass is 19.1. The minimum atomic E-state index is -0.827. The summed E-state index contributed by atoms with van der Waals surface area (Å²) in [7, 11) is 0. The van der Waals surface area contributed by atoms with Gasteiger partial charge in [0.05, 0.1) is 0 Å². The Kier molecular flexibility index (Phi) is 5.03. The molecule has 0 saturated carbocycles. The number of benzene rings is 2. The number of fused-ring (bicyclic) bond motifs is 1. The SMILES string of the molecule is CCCc1ccc(-c2cc3c(cc2F)C(OC(N)=O)C(C)(C)CC3)cc1. The Labute approximate surface area is 154 Å². The van der Waals surface area contributed by atoms with E-state index in [0.29, 0.717) is 5.56 Å². The highest BCUT2D eigenvalue weighted by molar-refractivity contribution is 5.68. The van der Waals surface area contributed by atoms with E-state index in [1.54, 1.807) is 0 Å². The molecule has 3 nitrogen and oxygen atoms in total. The summed E-state index contributed by atoms with van der Waals surface area (Å²) in [6, 6.07) is 11.5. The quantitative estimate of drug-likeness (QED) is 0.781. The molecule has 3 rings (SSSR count). The predicted molar refractivity (Wildman–Crippen MR) is 101 cm³/mol. The minimum Gasteiger partial charge on any atom is -0.441 e. The summed E-state index contributed by atoms with van der Waals surface area (Å²) in [5, 5.41) is 0. The molecule has 0 saturated heterocycles. The molecule has 1 amide bonds. The molecule has 138 valence electrons. The Morgan fingerprint density at radius 1 is 1.27 bits per heavy atom. The first kappa shape index (κ1) is 18.4. The maximum absolute atomic E-state index is 14.9. The normalized spacial score (nSPS) is 18.2. The molecule has 0 spiro atoms. The Morgan fingerprint density at radius 2 is 1.96 bits per heavy atom. The second-order valence-electron chi connectivity index (χ2n) is 7.78. The third-order valence-electron chi connectivity index (χ3n) is 5.30. The van der Waals surface area contributed by atoms with Crippen LogP contribution in [-0.4, -0.2) is 6.09 Å². The topological polar surface area (TPSA) is 52.3 Å². The summed E-state index contributed by atoms with van der Waals surface area (Å²) in [6.45, 7) is 6.17. The Bertz CT molecular complexity index is 812. The van der Waals surface area contributed by atoms with E-state index in [9.17, 15) is 9.18 Å². The largest absolute Gasteiger partial charge is 0.441 e. The first-order valence-corrected chi connectivity index (χ1v) is 9.19. The van der Waals surface area contributed by atoms with E-state index in [1.807, 2.05) is 32.0 Å². The summed E-state index contributed by atoms with van der Waals surface area (Å²) < 4.78 is 20.3. The van der Waals surface area contributed by atoms with Crippen molar-refractivity contribution in [2.75, 3.05) is 0 Å². The van der Waals surface area contributed by atoms with E-state index in [1.165, 1.54) is 11.6 Å². The van der Waals surface area contributed by atoms with Gasteiger partial charge in [0, 0.05) is 11.0 Å². The zero-order valence-corrected chi connectivity index (χ0v) is 15.6. The van der Waals surface area contributed by atoms with Crippen LogP contribution in [0.1, 0.15) is 56.4 Å². The number of ether oxygens (including phenoxy) is 1. The second kappa shape index (κ2) is 7.10. The molecule has 0 bridgehead atoms. The molecule has 0 heterocycles. The van der Waals surface area contributed by atoms with Crippen molar-refractivity contribution in [3.8, 4) is 11.1 Å². The smallest absolute Gasteiger partial charge is 0.405 e. The summed E-state index contributed by atoms with van der Waals surface area (Å²) in [5.74, 6) is -0.303. The van der Waals surface area contributed by atoms with Crippen LogP contribution in [-0.2, 0) is 17.6 Å². The molecular formula is C22H26FNO2. The molecule has 1 unspecified atom stereocenters. The third-order valence-corrected chi connectivity index (χ3v) is 5.30. The van der Waals surface area contributed by atoms with Gasteiger partial charge >= 0.3 is 6.09 Å². The summed E-state index contributed by atoms with van der Waals surface area (Å²) in [5.41, 5.74) is 9.41. The van der Waals surface area contributed by atoms with Gasteiger partial charge in [0.25, 0.3) is 0 Å². The van der Waals surface area contributed by atoms with E-state index in [4.69, 9.17) is 10.5 Å². The molecule has 2 aromatic rings. The van der Waals surface area contributed by atoms with Gasteiger partial charge in [-0.15, -0.1) is 0 Å². The first-order valence-electron chi connectivity index (χ1n) is 9.19. The van der Waals surface area contributed by atoms with Crippen LogP contribution >= 0.6 is 0 Å².